The van der Waals surface area contributed by atoms with Gasteiger partial charge in [-0.15, -0.1) is 0 Å². The van der Waals surface area contributed by atoms with Gasteiger partial charge in [0, 0.05) is 28.2 Å². The van der Waals surface area contributed by atoms with Crippen molar-refractivity contribution in [1.82, 2.24) is 15.8 Å². The predicted octanol–water partition coefficient (Wildman–Crippen LogP) is 4.12. The van der Waals surface area contributed by atoms with Crippen molar-refractivity contribution in [3.8, 4) is 5.75 Å². The van der Waals surface area contributed by atoms with Crippen LogP contribution < -0.4 is 21.3 Å². The number of aryl methyl sites for hydroxylation is 1. The van der Waals surface area contributed by atoms with Crippen LogP contribution in [0.25, 0.3) is 10.9 Å². The number of carbonyl (C=O) groups is 4. The number of pyridine rings is 1. The van der Waals surface area contributed by atoms with E-state index in [1.54, 1.807) is 29.7 Å². The number of nitrogens with two attached hydrogens (primary N) is 1. The van der Waals surface area contributed by atoms with Crippen molar-refractivity contribution in [3.05, 3.63) is 71.4 Å². The van der Waals surface area contributed by atoms with Gasteiger partial charge in [0.05, 0.1) is 17.5 Å². The SMILES string of the molecule is Cc1cc(COc2ccc(C(=O)N[C@H]3[C@@H](N)CCC[C@H]3C(=O)NO)cc2)c2ccccc2n1.O=C(O)C(F)(F)F.O=C(O)C(F)(F)F. The number of benzene rings is 2. The van der Waals surface area contributed by atoms with Crippen LogP contribution in [0.15, 0.2) is 54.6 Å². The highest BCUT2D eigenvalue weighted by Gasteiger charge is 2.39. The third-order valence-electron chi connectivity index (χ3n) is 6.62. The molecule has 0 spiro atoms. The maximum atomic E-state index is 12.8. The number of carboxylic acids is 2. The summed E-state index contributed by atoms with van der Waals surface area (Å²) in [4.78, 5) is 47.1. The fourth-order valence-corrected chi connectivity index (χ4v) is 4.43. The van der Waals surface area contributed by atoms with Crippen LogP contribution in [0.1, 0.15) is 40.9 Å². The highest BCUT2D eigenvalue weighted by Crippen LogP contribution is 2.25. The maximum Gasteiger partial charge on any atom is 0.490 e. The van der Waals surface area contributed by atoms with Gasteiger partial charge in [0.15, 0.2) is 0 Å². The number of nitrogens with zero attached hydrogens (tertiary/aromatic N) is 1. The summed E-state index contributed by atoms with van der Waals surface area (Å²) in [6.07, 6.45) is -8.14. The quantitative estimate of drug-likeness (QED) is 0.125. The van der Waals surface area contributed by atoms with Gasteiger partial charge in [-0.3, -0.25) is 19.8 Å². The number of rotatable bonds is 6. The molecule has 12 nitrogen and oxygen atoms in total. The number of ether oxygens (including phenoxy) is 1. The number of carboxylic acid groups (broad SMARTS) is 2. The monoisotopic (exact) mass is 676 g/mol. The standard InChI is InChI=1S/C25H28N4O4.2C2HF3O2/c1-15-13-17(19-5-2-3-8-22(19)27-15)14-33-18-11-9-16(10-12-18)24(30)28-23-20(25(31)29-32)6-4-7-21(23)26;2*3-2(4,5)1(6)7/h2-3,5,8-13,20-21,23,32H,4,6-7,14,26H2,1H3,(H,28,30)(H,29,31);2*(H,6,7)/t20-,21+,23-;;/m1../s1. The minimum atomic E-state index is -5.08. The first-order valence-corrected chi connectivity index (χ1v) is 13.5. The Labute approximate surface area is 262 Å². The molecule has 0 aliphatic heterocycles. The van der Waals surface area contributed by atoms with Gasteiger partial charge in [-0.1, -0.05) is 24.6 Å². The molecule has 1 aromatic heterocycles. The molecule has 47 heavy (non-hydrogen) atoms. The zero-order valence-electron chi connectivity index (χ0n) is 24.4. The molecular formula is C29H30F6N4O8. The molecule has 2 amide bonds. The second kappa shape index (κ2) is 16.5. The Morgan fingerprint density at radius 3 is 2.02 bits per heavy atom. The molecule has 1 fully saturated rings. The Hall–Kier alpha value is -4.97. The molecule has 4 rings (SSSR count). The predicted molar refractivity (Wildman–Crippen MR) is 151 cm³/mol. The van der Waals surface area contributed by atoms with E-state index in [0.29, 0.717) is 30.8 Å². The van der Waals surface area contributed by atoms with Gasteiger partial charge in [-0.25, -0.2) is 15.1 Å². The number of halogens is 6. The topological polar surface area (TPSA) is 201 Å². The second-order valence-corrected chi connectivity index (χ2v) is 10.0. The minimum Gasteiger partial charge on any atom is -0.489 e. The molecule has 3 atom stereocenters. The van der Waals surface area contributed by atoms with Gasteiger partial charge >= 0.3 is 24.3 Å². The summed E-state index contributed by atoms with van der Waals surface area (Å²) in [6, 6.07) is 15.9. The molecule has 0 bridgehead atoms. The molecule has 1 aliphatic carbocycles. The molecule has 1 aliphatic rings. The van der Waals surface area contributed by atoms with Crippen molar-refractivity contribution in [2.45, 2.75) is 57.2 Å². The Bertz CT molecular complexity index is 1530. The highest BCUT2D eigenvalue weighted by atomic mass is 19.4. The smallest absolute Gasteiger partial charge is 0.489 e. The first kappa shape index (κ1) is 38.2. The molecule has 2 aromatic carbocycles. The van der Waals surface area contributed by atoms with E-state index in [9.17, 15) is 35.9 Å². The normalized spacial score (nSPS) is 17.6. The maximum absolute atomic E-state index is 12.8. The van der Waals surface area contributed by atoms with Gasteiger partial charge in [0.1, 0.15) is 12.4 Å². The van der Waals surface area contributed by atoms with Crippen molar-refractivity contribution in [1.29, 1.82) is 0 Å². The molecule has 0 unspecified atom stereocenters. The summed E-state index contributed by atoms with van der Waals surface area (Å²) < 4.78 is 69.4. The third kappa shape index (κ3) is 11.7. The molecule has 256 valence electrons. The van der Waals surface area contributed by atoms with Crippen LogP contribution in [0.2, 0.25) is 0 Å². The van der Waals surface area contributed by atoms with E-state index in [-0.39, 0.29) is 11.9 Å². The number of amides is 2. The zero-order chi connectivity index (χ0) is 35.5. The number of hydroxylamine groups is 1. The lowest BCUT2D eigenvalue weighted by molar-refractivity contribution is -0.193. The molecule has 1 saturated carbocycles. The number of para-hydroxylation sites is 1. The summed E-state index contributed by atoms with van der Waals surface area (Å²) in [5.41, 5.74) is 11.2. The molecule has 0 radical (unpaired) electrons. The van der Waals surface area contributed by atoms with Crippen molar-refractivity contribution in [2.75, 3.05) is 0 Å². The Morgan fingerprint density at radius 1 is 0.936 bits per heavy atom. The van der Waals surface area contributed by atoms with Crippen LogP contribution >= 0.6 is 0 Å². The lowest BCUT2D eigenvalue weighted by Crippen LogP contribution is -2.57. The van der Waals surface area contributed by atoms with Crippen LogP contribution in [-0.4, -0.2) is 68.6 Å². The summed E-state index contributed by atoms with van der Waals surface area (Å²) in [5.74, 6) is -6.30. The van der Waals surface area contributed by atoms with E-state index in [4.69, 9.17) is 35.5 Å². The number of hydrogen-bond donors (Lipinski definition) is 6. The fourth-order valence-electron chi connectivity index (χ4n) is 4.43. The van der Waals surface area contributed by atoms with E-state index in [0.717, 1.165) is 28.6 Å². The number of hydrogen-bond acceptors (Lipinski definition) is 8. The van der Waals surface area contributed by atoms with Gasteiger partial charge < -0.3 is 26.0 Å². The first-order valence-electron chi connectivity index (χ1n) is 13.5. The molecule has 3 aromatic rings. The lowest BCUT2D eigenvalue weighted by atomic mass is 9.80. The van der Waals surface area contributed by atoms with E-state index < -0.39 is 42.2 Å². The van der Waals surface area contributed by atoms with Gasteiger partial charge in [-0.2, -0.15) is 26.3 Å². The van der Waals surface area contributed by atoms with Crippen LogP contribution in [0.5, 0.6) is 5.75 Å². The Kier molecular flexibility index (Phi) is 13.5. The van der Waals surface area contributed by atoms with Gasteiger partial charge in [-0.05, 0) is 56.2 Å². The molecule has 1 heterocycles. The molecule has 18 heteroatoms. The molecular weight excluding hydrogens is 646 g/mol. The fraction of sp³-hybridized carbons (Fsp3) is 0.345. The highest BCUT2D eigenvalue weighted by molar-refractivity contribution is 5.95. The summed E-state index contributed by atoms with van der Waals surface area (Å²) >= 11 is 0. The van der Waals surface area contributed by atoms with Crippen LogP contribution in [-0.2, 0) is 21.0 Å². The largest absolute Gasteiger partial charge is 0.490 e. The van der Waals surface area contributed by atoms with Crippen molar-refractivity contribution >= 4 is 34.7 Å². The number of fused-ring (bicyclic) bond motifs is 1. The number of carbonyl (C=O) groups excluding carboxylic acids is 2. The molecule has 7 N–H and O–H groups in total. The second-order valence-electron chi connectivity index (χ2n) is 10.0. The van der Waals surface area contributed by atoms with E-state index in [1.807, 2.05) is 37.3 Å². The summed E-state index contributed by atoms with van der Waals surface area (Å²) in [5, 5.41) is 27.2. The van der Waals surface area contributed by atoms with Crippen molar-refractivity contribution in [2.24, 2.45) is 11.7 Å². The van der Waals surface area contributed by atoms with E-state index in [1.165, 1.54) is 0 Å². The van der Waals surface area contributed by atoms with Gasteiger partial charge in [0.25, 0.3) is 5.91 Å². The number of alkyl halides is 6. The minimum absolute atomic E-state index is 0.324. The van der Waals surface area contributed by atoms with Gasteiger partial charge in [0.2, 0.25) is 5.91 Å². The summed E-state index contributed by atoms with van der Waals surface area (Å²) in [7, 11) is 0. The average molecular weight is 677 g/mol. The van der Waals surface area contributed by atoms with E-state index >= 15 is 0 Å². The number of aliphatic carboxylic acids is 2. The van der Waals surface area contributed by atoms with Crippen LogP contribution in [0.4, 0.5) is 26.3 Å². The average Bonchev–Trinajstić information content (AvgIpc) is 3.00. The number of nitrogens with one attached hydrogen (secondary N) is 2. The van der Waals surface area contributed by atoms with Crippen molar-refractivity contribution < 1.29 is 65.7 Å². The van der Waals surface area contributed by atoms with Crippen LogP contribution in [0.3, 0.4) is 0 Å². The zero-order valence-corrected chi connectivity index (χ0v) is 24.4. The molecule has 0 saturated heterocycles. The third-order valence-corrected chi connectivity index (χ3v) is 6.62. The Morgan fingerprint density at radius 2 is 1.49 bits per heavy atom. The van der Waals surface area contributed by atoms with Crippen molar-refractivity contribution in [3.63, 3.8) is 0 Å². The lowest BCUT2D eigenvalue weighted by Gasteiger charge is -2.35. The summed E-state index contributed by atoms with van der Waals surface area (Å²) in [6.45, 7) is 2.33. The first-order chi connectivity index (χ1) is 21.8. The number of aromatic nitrogens is 1. The van der Waals surface area contributed by atoms with Crippen LogP contribution in [0, 0.1) is 12.8 Å². The Balaban J connectivity index is 0.000000459. The van der Waals surface area contributed by atoms with E-state index in [2.05, 4.69) is 10.3 Å².